The van der Waals surface area contributed by atoms with Gasteiger partial charge in [-0.25, -0.2) is 9.68 Å². The number of hydrogen-bond acceptors (Lipinski definition) is 5. The molecule has 0 heterocycles. The fourth-order valence-electron chi connectivity index (χ4n) is 0.432. The average molecular weight is 165 g/mol. The highest BCUT2D eigenvalue weighted by atomic mass is 17.5. The zero-order valence-corrected chi connectivity index (χ0v) is 6.15. The highest BCUT2D eigenvalue weighted by Gasteiger charge is 2.04. The summed E-state index contributed by atoms with van der Waals surface area (Å²) in [6.07, 6.45) is -0.839. The lowest BCUT2D eigenvalue weighted by Gasteiger charge is -2.06. The molecule has 0 radical (unpaired) electrons. The van der Waals surface area contributed by atoms with Crippen molar-refractivity contribution in [1.82, 2.24) is 0 Å². The topological polar surface area (TPSA) is 91.0 Å². The number of carbonyl (C=O) groups is 1. The third-order valence-corrected chi connectivity index (χ3v) is 0.841. The predicted octanol–water partition coefficient (Wildman–Crippen LogP) is 0.629. The number of nitrogens with two attached hydrogens (primary N) is 1. The summed E-state index contributed by atoms with van der Waals surface area (Å²) in [5, 5.41) is 11.7. The monoisotopic (exact) mass is 165 g/mol. The molecule has 0 saturated carbocycles. The Balaban J connectivity index is 3.16. The molecule has 3 N–H and O–H groups in total. The molecule has 1 unspecified atom stereocenters. The number of rotatable bonds is 5. The lowest BCUT2D eigenvalue weighted by molar-refractivity contribution is -0.500. The molecule has 0 aliphatic rings. The summed E-state index contributed by atoms with van der Waals surface area (Å²) in [6, 6.07) is 0. The quantitative estimate of drug-likeness (QED) is 0.352. The van der Waals surface area contributed by atoms with Gasteiger partial charge in [0.2, 0.25) is 0 Å². The SMILES string of the molecule is CCCC(N)OOOC(=O)O. The van der Waals surface area contributed by atoms with E-state index in [0.29, 0.717) is 6.42 Å². The van der Waals surface area contributed by atoms with Crippen molar-refractivity contribution in [3.63, 3.8) is 0 Å². The molecular weight excluding hydrogens is 154 g/mol. The van der Waals surface area contributed by atoms with Crippen molar-refractivity contribution in [3.8, 4) is 0 Å². The van der Waals surface area contributed by atoms with Crippen molar-refractivity contribution in [2.45, 2.75) is 26.0 Å². The van der Waals surface area contributed by atoms with Crippen LogP contribution in [-0.4, -0.2) is 17.5 Å². The van der Waals surface area contributed by atoms with E-state index in [4.69, 9.17) is 10.8 Å². The van der Waals surface area contributed by atoms with Gasteiger partial charge in [0.25, 0.3) is 0 Å². The van der Waals surface area contributed by atoms with Gasteiger partial charge in [0, 0.05) is 0 Å². The molecule has 11 heavy (non-hydrogen) atoms. The van der Waals surface area contributed by atoms with Crippen molar-refractivity contribution in [1.29, 1.82) is 0 Å². The average Bonchev–Trinajstić information content (AvgIpc) is 1.87. The zero-order chi connectivity index (χ0) is 8.69. The molecule has 6 heteroatoms. The van der Waals surface area contributed by atoms with E-state index in [1.165, 1.54) is 0 Å². The molecular formula is C5H11NO5. The van der Waals surface area contributed by atoms with E-state index in [-0.39, 0.29) is 0 Å². The predicted molar refractivity (Wildman–Crippen MR) is 34.2 cm³/mol. The summed E-state index contributed by atoms with van der Waals surface area (Å²) in [5.41, 5.74) is 5.25. The summed E-state index contributed by atoms with van der Waals surface area (Å²) in [5.74, 6) is 0. The Morgan fingerprint density at radius 3 is 2.82 bits per heavy atom. The molecule has 0 fully saturated rings. The Hall–Kier alpha value is -0.850. The van der Waals surface area contributed by atoms with E-state index >= 15 is 0 Å². The van der Waals surface area contributed by atoms with Crippen LogP contribution in [0, 0.1) is 0 Å². The first-order valence-electron chi connectivity index (χ1n) is 3.15. The van der Waals surface area contributed by atoms with E-state index in [2.05, 4.69) is 14.8 Å². The van der Waals surface area contributed by atoms with Crippen LogP contribution in [0.25, 0.3) is 0 Å². The first-order valence-corrected chi connectivity index (χ1v) is 3.15. The van der Waals surface area contributed by atoms with Gasteiger partial charge in [-0.3, -0.25) is 0 Å². The molecule has 0 spiro atoms. The standard InChI is InChI=1S/C5H11NO5/c1-2-3-4(6)9-11-10-5(7)8/h4H,2-3,6H2,1H3,(H,7,8). The third kappa shape index (κ3) is 7.04. The van der Waals surface area contributed by atoms with Crippen molar-refractivity contribution in [2.24, 2.45) is 5.73 Å². The van der Waals surface area contributed by atoms with Gasteiger partial charge in [-0.05, 0) is 11.5 Å². The molecule has 0 saturated heterocycles. The fraction of sp³-hybridized carbons (Fsp3) is 0.800. The minimum Gasteiger partial charge on any atom is -0.448 e. The van der Waals surface area contributed by atoms with Gasteiger partial charge in [-0.1, -0.05) is 13.3 Å². The zero-order valence-electron chi connectivity index (χ0n) is 6.15. The molecule has 0 amide bonds. The van der Waals surface area contributed by atoms with Crippen LogP contribution in [0.2, 0.25) is 0 Å². The van der Waals surface area contributed by atoms with Crippen LogP contribution in [0.4, 0.5) is 4.79 Å². The minimum absolute atomic E-state index is 0.572. The first kappa shape index (κ1) is 10.2. The second kappa shape index (κ2) is 5.90. The van der Waals surface area contributed by atoms with E-state index in [9.17, 15) is 4.79 Å². The molecule has 6 nitrogen and oxygen atoms in total. The Kier molecular flexibility index (Phi) is 5.44. The van der Waals surface area contributed by atoms with Crippen LogP contribution in [0.15, 0.2) is 0 Å². The van der Waals surface area contributed by atoms with Crippen molar-refractivity contribution < 1.29 is 24.7 Å². The van der Waals surface area contributed by atoms with Gasteiger partial charge >= 0.3 is 6.16 Å². The van der Waals surface area contributed by atoms with Crippen molar-refractivity contribution in [3.05, 3.63) is 0 Å². The Morgan fingerprint density at radius 1 is 1.73 bits per heavy atom. The molecule has 0 bridgehead atoms. The second-order valence-corrected chi connectivity index (χ2v) is 1.84. The largest absolute Gasteiger partial charge is 0.540 e. The maximum Gasteiger partial charge on any atom is 0.540 e. The van der Waals surface area contributed by atoms with Gasteiger partial charge < -0.3 is 10.8 Å². The van der Waals surface area contributed by atoms with Crippen LogP contribution in [0.1, 0.15) is 19.8 Å². The lowest BCUT2D eigenvalue weighted by atomic mass is 10.3. The molecule has 0 aromatic heterocycles. The van der Waals surface area contributed by atoms with E-state index in [1.54, 1.807) is 0 Å². The van der Waals surface area contributed by atoms with Gasteiger partial charge in [0.1, 0.15) is 6.23 Å². The third-order valence-electron chi connectivity index (χ3n) is 0.841. The minimum atomic E-state index is -1.58. The molecule has 66 valence electrons. The summed E-state index contributed by atoms with van der Waals surface area (Å²) in [7, 11) is 0. The van der Waals surface area contributed by atoms with E-state index < -0.39 is 12.4 Å². The summed E-state index contributed by atoms with van der Waals surface area (Å²) >= 11 is 0. The van der Waals surface area contributed by atoms with Crippen LogP contribution >= 0.6 is 0 Å². The summed E-state index contributed by atoms with van der Waals surface area (Å²) < 4.78 is 0. The Labute approximate surface area is 63.7 Å². The summed E-state index contributed by atoms with van der Waals surface area (Å²) in [6.45, 7) is 1.90. The number of carboxylic acid groups (broad SMARTS) is 1. The van der Waals surface area contributed by atoms with Crippen molar-refractivity contribution in [2.75, 3.05) is 0 Å². The Morgan fingerprint density at radius 2 is 2.36 bits per heavy atom. The van der Waals surface area contributed by atoms with Gasteiger partial charge in [-0.15, -0.1) is 0 Å². The molecule has 0 rings (SSSR count). The van der Waals surface area contributed by atoms with Gasteiger partial charge in [0.05, 0.1) is 0 Å². The highest BCUT2D eigenvalue weighted by molar-refractivity contribution is 5.55. The smallest absolute Gasteiger partial charge is 0.448 e. The van der Waals surface area contributed by atoms with E-state index in [0.717, 1.165) is 6.42 Å². The van der Waals surface area contributed by atoms with Gasteiger partial charge in [0.15, 0.2) is 0 Å². The van der Waals surface area contributed by atoms with E-state index in [1.807, 2.05) is 6.92 Å². The second-order valence-electron chi connectivity index (χ2n) is 1.84. The fourth-order valence-corrected chi connectivity index (χ4v) is 0.432. The van der Waals surface area contributed by atoms with Gasteiger partial charge in [-0.2, -0.15) is 4.89 Å². The molecule has 0 aromatic rings. The van der Waals surface area contributed by atoms with Crippen LogP contribution in [0.3, 0.4) is 0 Å². The van der Waals surface area contributed by atoms with Crippen molar-refractivity contribution >= 4 is 6.16 Å². The molecule has 0 aliphatic heterocycles. The van der Waals surface area contributed by atoms with Crippen LogP contribution in [0.5, 0.6) is 0 Å². The Bertz CT molecular complexity index is 117. The van der Waals surface area contributed by atoms with Crippen LogP contribution < -0.4 is 5.73 Å². The molecule has 0 aliphatic carbocycles. The number of hydrogen-bond donors (Lipinski definition) is 2. The van der Waals surface area contributed by atoms with Crippen LogP contribution in [-0.2, 0) is 14.8 Å². The first-order chi connectivity index (χ1) is 5.16. The molecule has 1 atom stereocenters. The summed E-state index contributed by atoms with van der Waals surface area (Å²) in [4.78, 5) is 17.5. The lowest BCUT2D eigenvalue weighted by Crippen LogP contribution is -2.24. The maximum atomic E-state index is 9.67. The normalized spacial score (nSPS) is 12.5. The highest BCUT2D eigenvalue weighted by Crippen LogP contribution is 1.95. The molecule has 0 aromatic carbocycles. The maximum absolute atomic E-state index is 9.67.